The van der Waals surface area contributed by atoms with Gasteiger partial charge in [0, 0.05) is 26.2 Å². The average molecular weight is 463 g/mol. The maximum atomic E-state index is 13.2. The van der Waals surface area contributed by atoms with E-state index >= 15 is 0 Å². The SMILES string of the molecule is CC(C(=O)Nc1ccccc1C(F)(F)F)N1CCN(C(=O)C2COc3ccccc3O2)CC1. The Hall–Kier alpha value is -3.27. The zero-order valence-electron chi connectivity index (χ0n) is 18.0. The third kappa shape index (κ3) is 5.05. The first-order chi connectivity index (χ1) is 15.7. The summed E-state index contributed by atoms with van der Waals surface area (Å²) in [5.74, 6) is 0.385. The highest BCUT2D eigenvalue weighted by Crippen LogP contribution is 2.35. The Morgan fingerprint density at radius 1 is 1.00 bits per heavy atom. The van der Waals surface area contributed by atoms with E-state index in [0.29, 0.717) is 37.7 Å². The molecule has 10 heteroatoms. The Bertz CT molecular complexity index is 1020. The van der Waals surface area contributed by atoms with Crippen molar-refractivity contribution < 1.29 is 32.2 Å². The molecule has 0 radical (unpaired) electrons. The standard InChI is InChI=1S/C23H24F3N3O4/c1-15(21(30)27-17-7-3-2-6-16(17)23(24,25)26)28-10-12-29(13-11-28)22(31)20-14-32-18-8-4-5-9-19(18)33-20/h2-9,15,20H,10-14H2,1H3,(H,27,30). The molecular weight excluding hydrogens is 439 g/mol. The number of hydrogen-bond donors (Lipinski definition) is 1. The fourth-order valence-corrected chi connectivity index (χ4v) is 3.92. The maximum absolute atomic E-state index is 13.2. The molecule has 2 unspecified atom stereocenters. The predicted molar refractivity (Wildman–Crippen MR) is 114 cm³/mol. The summed E-state index contributed by atoms with van der Waals surface area (Å²) in [6.45, 7) is 3.32. The summed E-state index contributed by atoms with van der Waals surface area (Å²) >= 11 is 0. The zero-order valence-corrected chi connectivity index (χ0v) is 18.0. The number of carbonyl (C=O) groups is 2. The van der Waals surface area contributed by atoms with E-state index in [1.807, 2.05) is 11.0 Å². The van der Waals surface area contributed by atoms with Crippen molar-refractivity contribution in [3.8, 4) is 11.5 Å². The number of carbonyl (C=O) groups excluding carboxylic acids is 2. The molecule has 2 aliphatic rings. The lowest BCUT2D eigenvalue weighted by atomic mass is 10.1. The molecule has 176 valence electrons. The highest BCUT2D eigenvalue weighted by molar-refractivity contribution is 5.95. The van der Waals surface area contributed by atoms with Crippen molar-refractivity contribution in [2.24, 2.45) is 0 Å². The summed E-state index contributed by atoms with van der Waals surface area (Å²) < 4.78 is 51.0. The molecule has 4 rings (SSSR count). The number of piperazine rings is 1. The fourth-order valence-electron chi connectivity index (χ4n) is 3.92. The number of nitrogens with zero attached hydrogens (tertiary/aromatic N) is 2. The van der Waals surface area contributed by atoms with E-state index in [1.54, 1.807) is 30.0 Å². The number of benzene rings is 2. The van der Waals surface area contributed by atoms with Gasteiger partial charge in [-0.2, -0.15) is 13.2 Å². The second-order valence-corrected chi connectivity index (χ2v) is 7.93. The molecule has 1 N–H and O–H groups in total. The van der Waals surface area contributed by atoms with Gasteiger partial charge in [-0.15, -0.1) is 0 Å². The van der Waals surface area contributed by atoms with Gasteiger partial charge in [-0.1, -0.05) is 24.3 Å². The number of alkyl halides is 3. The average Bonchev–Trinajstić information content (AvgIpc) is 2.82. The molecule has 1 fully saturated rings. The van der Waals surface area contributed by atoms with Crippen LogP contribution in [-0.2, 0) is 15.8 Å². The highest BCUT2D eigenvalue weighted by Gasteiger charge is 2.36. The molecule has 0 saturated carbocycles. The van der Waals surface area contributed by atoms with Crippen molar-refractivity contribution in [2.45, 2.75) is 25.2 Å². The normalized spacial score (nSPS) is 19.6. The summed E-state index contributed by atoms with van der Waals surface area (Å²) in [5.41, 5.74) is -1.16. The van der Waals surface area contributed by atoms with E-state index in [-0.39, 0.29) is 18.2 Å². The smallest absolute Gasteiger partial charge is 0.418 e. The molecule has 2 atom stereocenters. The Balaban J connectivity index is 1.32. The number of ether oxygens (including phenoxy) is 2. The van der Waals surface area contributed by atoms with Crippen LogP contribution in [0.25, 0.3) is 0 Å². The molecule has 33 heavy (non-hydrogen) atoms. The largest absolute Gasteiger partial charge is 0.485 e. The number of rotatable bonds is 4. The number of anilines is 1. The van der Waals surface area contributed by atoms with E-state index < -0.39 is 29.8 Å². The summed E-state index contributed by atoms with van der Waals surface area (Å²) in [4.78, 5) is 29.0. The van der Waals surface area contributed by atoms with Crippen LogP contribution in [0.2, 0.25) is 0 Å². The van der Waals surface area contributed by atoms with E-state index in [0.717, 1.165) is 6.07 Å². The maximum Gasteiger partial charge on any atom is 0.418 e. The van der Waals surface area contributed by atoms with Gasteiger partial charge < -0.3 is 19.7 Å². The molecule has 2 aliphatic heterocycles. The second kappa shape index (κ2) is 9.30. The quantitative estimate of drug-likeness (QED) is 0.755. The molecule has 2 amide bonds. The first-order valence-electron chi connectivity index (χ1n) is 10.6. The van der Waals surface area contributed by atoms with Crippen LogP contribution in [-0.4, -0.2) is 66.5 Å². The molecule has 0 spiro atoms. The zero-order chi connectivity index (χ0) is 23.6. The predicted octanol–water partition coefficient (Wildman–Crippen LogP) is 3.02. The lowest BCUT2D eigenvalue weighted by molar-refractivity contribution is -0.143. The van der Waals surface area contributed by atoms with Gasteiger partial charge in [0.15, 0.2) is 11.5 Å². The van der Waals surface area contributed by atoms with Crippen LogP contribution in [0.5, 0.6) is 11.5 Å². The summed E-state index contributed by atoms with van der Waals surface area (Å²) in [7, 11) is 0. The van der Waals surface area contributed by atoms with Crippen LogP contribution in [0, 0.1) is 0 Å². The van der Waals surface area contributed by atoms with Crippen LogP contribution in [0.4, 0.5) is 18.9 Å². The third-order valence-electron chi connectivity index (χ3n) is 5.83. The van der Waals surface area contributed by atoms with E-state index in [4.69, 9.17) is 9.47 Å². The minimum absolute atomic E-state index is 0.119. The minimum Gasteiger partial charge on any atom is -0.485 e. The molecule has 0 bridgehead atoms. The Labute approximate surface area is 189 Å². The van der Waals surface area contributed by atoms with Gasteiger partial charge in [0.1, 0.15) is 6.61 Å². The molecule has 2 aromatic rings. The highest BCUT2D eigenvalue weighted by atomic mass is 19.4. The molecule has 2 aromatic carbocycles. The number of amides is 2. The van der Waals surface area contributed by atoms with Gasteiger partial charge in [-0.3, -0.25) is 14.5 Å². The first-order valence-corrected chi connectivity index (χ1v) is 10.6. The topological polar surface area (TPSA) is 71.1 Å². The molecule has 7 nitrogen and oxygen atoms in total. The second-order valence-electron chi connectivity index (χ2n) is 7.93. The van der Waals surface area contributed by atoms with Crippen molar-refractivity contribution >= 4 is 17.5 Å². The van der Waals surface area contributed by atoms with Gasteiger partial charge in [0.2, 0.25) is 12.0 Å². The van der Waals surface area contributed by atoms with Crippen molar-refractivity contribution in [1.29, 1.82) is 0 Å². The van der Waals surface area contributed by atoms with Crippen molar-refractivity contribution in [3.63, 3.8) is 0 Å². The molecule has 0 aliphatic carbocycles. The molecular formula is C23H24F3N3O4. The number of hydrogen-bond acceptors (Lipinski definition) is 5. The van der Waals surface area contributed by atoms with Crippen molar-refractivity contribution in [1.82, 2.24) is 9.80 Å². The van der Waals surface area contributed by atoms with Crippen LogP contribution >= 0.6 is 0 Å². The van der Waals surface area contributed by atoms with Crippen LogP contribution in [0.3, 0.4) is 0 Å². The van der Waals surface area contributed by atoms with E-state index in [1.165, 1.54) is 18.2 Å². The van der Waals surface area contributed by atoms with Gasteiger partial charge in [-0.05, 0) is 31.2 Å². The lowest BCUT2D eigenvalue weighted by Gasteiger charge is -2.39. The summed E-state index contributed by atoms with van der Waals surface area (Å²) in [6.07, 6.45) is -5.31. The summed E-state index contributed by atoms with van der Waals surface area (Å²) in [5, 5.41) is 2.39. The van der Waals surface area contributed by atoms with Crippen LogP contribution in [0.1, 0.15) is 12.5 Å². The molecule has 0 aromatic heterocycles. The first kappa shape index (κ1) is 22.9. The minimum atomic E-state index is -4.56. The monoisotopic (exact) mass is 463 g/mol. The lowest BCUT2D eigenvalue weighted by Crippen LogP contribution is -2.57. The fraction of sp³-hybridized carbons (Fsp3) is 0.391. The Kier molecular flexibility index (Phi) is 6.46. The number of fused-ring (bicyclic) bond motifs is 1. The Morgan fingerprint density at radius 2 is 1.64 bits per heavy atom. The van der Waals surface area contributed by atoms with Gasteiger partial charge in [0.05, 0.1) is 17.3 Å². The van der Waals surface area contributed by atoms with E-state index in [9.17, 15) is 22.8 Å². The van der Waals surface area contributed by atoms with Gasteiger partial charge >= 0.3 is 6.18 Å². The van der Waals surface area contributed by atoms with Gasteiger partial charge in [-0.25, -0.2) is 0 Å². The number of nitrogens with one attached hydrogen (secondary N) is 1. The molecule has 2 heterocycles. The number of halogens is 3. The summed E-state index contributed by atoms with van der Waals surface area (Å²) in [6, 6.07) is 11.3. The third-order valence-corrected chi connectivity index (χ3v) is 5.83. The molecule has 1 saturated heterocycles. The van der Waals surface area contributed by atoms with Crippen LogP contribution in [0.15, 0.2) is 48.5 Å². The van der Waals surface area contributed by atoms with Crippen LogP contribution < -0.4 is 14.8 Å². The van der Waals surface area contributed by atoms with E-state index in [2.05, 4.69) is 5.32 Å². The van der Waals surface area contributed by atoms with Crippen molar-refractivity contribution in [2.75, 3.05) is 38.1 Å². The number of para-hydroxylation sites is 3. The Morgan fingerprint density at radius 3 is 2.33 bits per heavy atom. The van der Waals surface area contributed by atoms with Gasteiger partial charge in [0.25, 0.3) is 5.91 Å². The van der Waals surface area contributed by atoms with Crippen molar-refractivity contribution in [3.05, 3.63) is 54.1 Å².